The molecule has 0 amide bonds. The molecule has 1 fully saturated rings. The topological polar surface area (TPSA) is 59.4 Å². The molecule has 6 nitrogen and oxygen atoms in total. The zero-order valence-corrected chi connectivity index (χ0v) is 14.8. The fourth-order valence-electron chi connectivity index (χ4n) is 3.45. The minimum Gasteiger partial charge on any atom is -0.465 e. The molecule has 0 unspecified atom stereocenters. The third kappa shape index (κ3) is 3.15. The van der Waals surface area contributed by atoms with Crippen LogP contribution in [0.25, 0.3) is 11.0 Å². The molecule has 1 aliphatic rings. The zero-order chi connectivity index (χ0) is 17.9. The number of esters is 1. The van der Waals surface area contributed by atoms with Gasteiger partial charge in [0.1, 0.15) is 5.65 Å². The third-order valence-corrected chi connectivity index (χ3v) is 4.82. The van der Waals surface area contributed by atoms with E-state index in [4.69, 9.17) is 4.74 Å². The Morgan fingerprint density at radius 3 is 2.65 bits per heavy atom. The van der Waals surface area contributed by atoms with E-state index in [-0.39, 0.29) is 5.97 Å². The van der Waals surface area contributed by atoms with E-state index in [1.165, 1.54) is 18.2 Å². The van der Waals surface area contributed by atoms with Crippen LogP contribution in [0.4, 0.5) is 5.69 Å². The maximum absolute atomic E-state index is 11.6. The van der Waals surface area contributed by atoms with Gasteiger partial charge < -0.3 is 19.5 Å². The van der Waals surface area contributed by atoms with Crippen molar-refractivity contribution in [2.75, 3.05) is 38.2 Å². The second-order valence-electron chi connectivity index (χ2n) is 6.44. The van der Waals surface area contributed by atoms with Gasteiger partial charge in [0.05, 0.1) is 12.7 Å². The van der Waals surface area contributed by atoms with Crippen molar-refractivity contribution >= 4 is 22.7 Å². The van der Waals surface area contributed by atoms with Gasteiger partial charge in [0, 0.05) is 56.2 Å². The van der Waals surface area contributed by atoms with Crippen LogP contribution < -0.4 is 10.2 Å². The molecule has 1 N–H and O–H groups in total. The van der Waals surface area contributed by atoms with Crippen LogP contribution in [-0.4, -0.2) is 48.8 Å². The van der Waals surface area contributed by atoms with E-state index in [1.807, 2.05) is 18.3 Å². The molecule has 3 aromatic rings. The average Bonchev–Trinajstić information content (AvgIpc) is 3.11. The van der Waals surface area contributed by atoms with Gasteiger partial charge in [0.2, 0.25) is 0 Å². The molecule has 26 heavy (non-hydrogen) atoms. The Labute approximate surface area is 152 Å². The summed E-state index contributed by atoms with van der Waals surface area (Å²) in [5.41, 5.74) is 3.91. The molecule has 3 heterocycles. The SMILES string of the molecule is COC(=O)c1ccc(Cn2ccc3c(N4CCNCC4)ccnc32)cc1. The van der Waals surface area contributed by atoms with Crippen molar-refractivity contribution in [3.63, 3.8) is 0 Å². The highest BCUT2D eigenvalue weighted by Crippen LogP contribution is 2.27. The summed E-state index contributed by atoms with van der Waals surface area (Å²) in [5, 5.41) is 4.57. The highest BCUT2D eigenvalue weighted by Gasteiger charge is 2.15. The largest absolute Gasteiger partial charge is 0.465 e. The summed E-state index contributed by atoms with van der Waals surface area (Å²) in [4.78, 5) is 18.6. The van der Waals surface area contributed by atoms with Crippen LogP contribution in [0.3, 0.4) is 0 Å². The highest BCUT2D eigenvalue weighted by atomic mass is 16.5. The van der Waals surface area contributed by atoms with Gasteiger partial charge in [-0.25, -0.2) is 9.78 Å². The van der Waals surface area contributed by atoms with Crippen LogP contribution in [0.2, 0.25) is 0 Å². The van der Waals surface area contributed by atoms with E-state index in [0.29, 0.717) is 12.1 Å². The van der Waals surface area contributed by atoms with E-state index in [0.717, 1.165) is 37.4 Å². The molecule has 0 saturated carbocycles. The van der Waals surface area contributed by atoms with E-state index in [9.17, 15) is 4.79 Å². The summed E-state index contributed by atoms with van der Waals surface area (Å²) in [7, 11) is 1.39. The fourth-order valence-corrected chi connectivity index (χ4v) is 3.45. The summed E-state index contributed by atoms with van der Waals surface area (Å²) in [5.74, 6) is -0.315. The van der Waals surface area contributed by atoms with Crippen molar-refractivity contribution in [1.29, 1.82) is 0 Å². The summed E-state index contributed by atoms with van der Waals surface area (Å²) >= 11 is 0. The number of carbonyl (C=O) groups is 1. The number of ether oxygens (including phenoxy) is 1. The minimum atomic E-state index is -0.315. The molecular weight excluding hydrogens is 328 g/mol. The van der Waals surface area contributed by atoms with Gasteiger partial charge in [-0.3, -0.25) is 0 Å². The van der Waals surface area contributed by atoms with Crippen LogP contribution >= 0.6 is 0 Å². The number of anilines is 1. The number of hydrogen-bond acceptors (Lipinski definition) is 5. The Morgan fingerprint density at radius 2 is 1.92 bits per heavy atom. The molecule has 134 valence electrons. The Morgan fingerprint density at radius 1 is 1.15 bits per heavy atom. The number of rotatable bonds is 4. The first-order chi connectivity index (χ1) is 12.8. The van der Waals surface area contributed by atoms with Gasteiger partial charge in [-0.15, -0.1) is 0 Å². The third-order valence-electron chi connectivity index (χ3n) is 4.82. The summed E-state index contributed by atoms with van der Waals surface area (Å²) in [6, 6.07) is 11.8. The maximum atomic E-state index is 11.6. The van der Waals surface area contributed by atoms with Crippen LogP contribution in [0, 0.1) is 0 Å². The van der Waals surface area contributed by atoms with Crippen LogP contribution in [0.1, 0.15) is 15.9 Å². The van der Waals surface area contributed by atoms with Crippen LogP contribution in [-0.2, 0) is 11.3 Å². The van der Waals surface area contributed by atoms with Gasteiger partial charge in [-0.2, -0.15) is 0 Å². The maximum Gasteiger partial charge on any atom is 0.337 e. The molecule has 0 radical (unpaired) electrons. The molecule has 2 aromatic heterocycles. The van der Waals surface area contributed by atoms with Crippen molar-refractivity contribution in [2.24, 2.45) is 0 Å². The lowest BCUT2D eigenvalue weighted by Gasteiger charge is -2.29. The number of aromatic nitrogens is 2. The number of benzene rings is 1. The molecule has 0 aliphatic carbocycles. The first-order valence-corrected chi connectivity index (χ1v) is 8.83. The summed E-state index contributed by atoms with van der Waals surface area (Å²) in [6.07, 6.45) is 3.97. The Hall–Kier alpha value is -2.86. The second-order valence-corrected chi connectivity index (χ2v) is 6.44. The van der Waals surface area contributed by atoms with Gasteiger partial charge in [-0.1, -0.05) is 12.1 Å². The van der Waals surface area contributed by atoms with Gasteiger partial charge >= 0.3 is 5.97 Å². The van der Waals surface area contributed by atoms with Crippen molar-refractivity contribution < 1.29 is 9.53 Å². The standard InChI is InChI=1S/C20H22N4O2/c1-26-20(25)16-4-2-15(3-5-16)14-24-11-7-17-18(6-8-22-19(17)24)23-12-9-21-10-13-23/h2-8,11,21H,9-10,12-14H2,1H3. The minimum absolute atomic E-state index is 0.315. The van der Waals surface area contributed by atoms with Gasteiger partial charge in [0.15, 0.2) is 0 Å². The van der Waals surface area contributed by atoms with E-state index in [2.05, 4.69) is 38.1 Å². The quantitative estimate of drug-likeness (QED) is 0.732. The molecular formula is C20H22N4O2. The lowest BCUT2D eigenvalue weighted by atomic mass is 10.1. The molecule has 1 saturated heterocycles. The summed E-state index contributed by atoms with van der Waals surface area (Å²) < 4.78 is 6.89. The number of carbonyl (C=O) groups excluding carboxylic acids is 1. The molecule has 0 atom stereocenters. The number of methoxy groups -OCH3 is 1. The van der Waals surface area contributed by atoms with E-state index in [1.54, 1.807) is 12.1 Å². The van der Waals surface area contributed by atoms with Crippen LogP contribution in [0.15, 0.2) is 48.8 Å². The Kier molecular flexibility index (Phi) is 4.58. The molecule has 1 aliphatic heterocycles. The second kappa shape index (κ2) is 7.17. The lowest BCUT2D eigenvalue weighted by Crippen LogP contribution is -2.43. The molecule has 0 spiro atoms. The van der Waals surface area contributed by atoms with Crippen molar-refractivity contribution in [3.05, 3.63) is 59.9 Å². The van der Waals surface area contributed by atoms with E-state index >= 15 is 0 Å². The smallest absolute Gasteiger partial charge is 0.337 e. The molecule has 4 rings (SSSR count). The average molecular weight is 350 g/mol. The zero-order valence-electron chi connectivity index (χ0n) is 14.8. The number of nitrogens with one attached hydrogen (secondary N) is 1. The van der Waals surface area contributed by atoms with Crippen molar-refractivity contribution in [1.82, 2.24) is 14.9 Å². The van der Waals surface area contributed by atoms with Gasteiger partial charge in [0.25, 0.3) is 0 Å². The normalized spacial score (nSPS) is 14.6. The predicted molar refractivity (Wildman–Crippen MR) is 102 cm³/mol. The monoisotopic (exact) mass is 350 g/mol. The van der Waals surface area contributed by atoms with Gasteiger partial charge in [-0.05, 0) is 29.8 Å². The van der Waals surface area contributed by atoms with Crippen molar-refractivity contribution in [3.8, 4) is 0 Å². The lowest BCUT2D eigenvalue weighted by molar-refractivity contribution is 0.0600. The number of piperazine rings is 1. The predicted octanol–water partition coefficient (Wildman–Crippen LogP) is 2.28. The Balaban J connectivity index is 1.60. The number of pyridine rings is 1. The molecule has 6 heteroatoms. The first kappa shape index (κ1) is 16.6. The summed E-state index contributed by atoms with van der Waals surface area (Å²) in [6.45, 7) is 4.76. The number of nitrogens with zero attached hydrogens (tertiary/aromatic N) is 3. The first-order valence-electron chi connectivity index (χ1n) is 8.83. The van der Waals surface area contributed by atoms with Crippen LogP contribution in [0.5, 0.6) is 0 Å². The van der Waals surface area contributed by atoms with Crippen molar-refractivity contribution in [2.45, 2.75) is 6.54 Å². The fraction of sp³-hybridized carbons (Fsp3) is 0.300. The van der Waals surface area contributed by atoms with E-state index < -0.39 is 0 Å². The number of hydrogen-bond donors (Lipinski definition) is 1. The molecule has 1 aromatic carbocycles. The number of fused-ring (bicyclic) bond motifs is 1. The Bertz CT molecular complexity index is 911. The molecule has 0 bridgehead atoms. The highest BCUT2D eigenvalue weighted by molar-refractivity contribution is 5.90.